The van der Waals surface area contributed by atoms with E-state index in [4.69, 9.17) is 16.3 Å². The number of amides is 1. The van der Waals surface area contributed by atoms with Gasteiger partial charge in [0, 0.05) is 23.0 Å². The van der Waals surface area contributed by atoms with Crippen LogP contribution in [-0.4, -0.2) is 18.0 Å². The van der Waals surface area contributed by atoms with Crippen LogP contribution in [0.4, 0.5) is 30.4 Å². The molecule has 0 radical (unpaired) electrons. The van der Waals surface area contributed by atoms with E-state index in [2.05, 4.69) is 15.6 Å². The van der Waals surface area contributed by atoms with E-state index in [1.54, 1.807) is 25.1 Å². The second-order valence-corrected chi connectivity index (χ2v) is 6.77. The van der Waals surface area contributed by atoms with E-state index in [-0.39, 0.29) is 17.1 Å². The van der Waals surface area contributed by atoms with Crippen molar-refractivity contribution in [2.24, 2.45) is 0 Å². The van der Waals surface area contributed by atoms with Gasteiger partial charge in [0.05, 0.1) is 23.9 Å². The first kappa shape index (κ1) is 21.4. The van der Waals surface area contributed by atoms with Crippen LogP contribution in [0.25, 0.3) is 0 Å². The molecule has 2 aromatic carbocycles. The fraction of sp³-hybridized carbons (Fsp3) is 0.143. The number of ether oxygens (including phenoxy) is 1. The Morgan fingerprint density at radius 3 is 2.60 bits per heavy atom. The molecule has 3 aromatic rings. The van der Waals surface area contributed by atoms with Crippen LogP contribution < -0.4 is 15.4 Å². The normalized spacial score (nSPS) is 11.1. The summed E-state index contributed by atoms with van der Waals surface area (Å²) in [5.74, 6) is -0.0354. The quantitative estimate of drug-likeness (QED) is 0.510. The lowest BCUT2D eigenvalue weighted by atomic mass is 10.1. The number of aryl methyl sites for hydroxylation is 1. The van der Waals surface area contributed by atoms with Crippen LogP contribution in [0.5, 0.6) is 5.75 Å². The molecule has 1 heterocycles. The maximum absolute atomic E-state index is 13.0. The second kappa shape index (κ2) is 8.62. The molecule has 0 saturated heterocycles. The maximum atomic E-state index is 13.0. The molecule has 0 aliphatic carbocycles. The summed E-state index contributed by atoms with van der Waals surface area (Å²) < 4.78 is 44.1. The lowest BCUT2D eigenvalue weighted by Crippen LogP contribution is -2.15. The molecule has 0 aliphatic heterocycles. The fourth-order valence-electron chi connectivity index (χ4n) is 2.72. The molecule has 30 heavy (non-hydrogen) atoms. The highest BCUT2D eigenvalue weighted by atomic mass is 35.5. The number of methoxy groups -OCH3 is 1. The average Bonchev–Trinajstić information content (AvgIpc) is 2.70. The fourth-order valence-corrected chi connectivity index (χ4v) is 2.87. The predicted molar refractivity (Wildman–Crippen MR) is 110 cm³/mol. The molecule has 9 heteroatoms. The van der Waals surface area contributed by atoms with E-state index in [9.17, 15) is 18.0 Å². The molecule has 0 spiro atoms. The van der Waals surface area contributed by atoms with E-state index in [1.807, 2.05) is 0 Å². The van der Waals surface area contributed by atoms with E-state index in [0.29, 0.717) is 16.5 Å². The van der Waals surface area contributed by atoms with Crippen LogP contribution in [0.1, 0.15) is 21.5 Å². The zero-order valence-corrected chi connectivity index (χ0v) is 16.7. The molecule has 5 nitrogen and oxygen atoms in total. The summed E-state index contributed by atoms with van der Waals surface area (Å²) >= 11 is 6.09. The predicted octanol–water partition coefficient (Wildman–Crippen LogP) is 6.07. The van der Waals surface area contributed by atoms with Crippen LogP contribution in [0.15, 0.2) is 54.7 Å². The summed E-state index contributed by atoms with van der Waals surface area (Å²) in [5, 5.41) is 5.99. The number of carbonyl (C=O) groups excluding carboxylic acids is 1. The van der Waals surface area contributed by atoms with Gasteiger partial charge in [-0.15, -0.1) is 0 Å². The molecule has 0 fully saturated rings. The number of aromatic nitrogens is 1. The number of anilines is 3. The van der Waals surface area contributed by atoms with Crippen molar-refractivity contribution in [2.75, 3.05) is 17.7 Å². The van der Waals surface area contributed by atoms with Crippen LogP contribution in [0, 0.1) is 6.92 Å². The van der Waals surface area contributed by atoms with Crippen molar-refractivity contribution < 1.29 is 22.7 Å². The van der Waals surface area contributed by atoms with E-state index >= 15 is 0 Å². The second-order valence-electron chi connectivity index (χ2n) is 6.36. The molecule has 156 valence electrons. The van der Waals surface area contributed by atoms with Crippen molar-refractivity contribution in [1.82, 2.24) is 4.98 Å². The number of pyridine rings is 1. The van der Waals surface area contributed by atoms with Gasteiger partial charge >= 0.3 is 6.18 Å². The number of benzene rings is 2. The number of nitrogens with zero attached hydrogens (tertiary/aromatic N) is 1. The molecule has 0 saturated carbocycles. The summed E-state index contributed by atoms with van der Waals surface area (Å²) in [6.45, 7) is 1.78. The Bertz CT molecular complexity index is 1090. The van der Waals surface area contributed by atoms with Crippen LogP contribution in [0.2, 0.25) is 5.02 Å². The van der Waals surface area contributed by atoms with Crippen molar-refractivity contribution in [2.45, 2.75) is 13.1 Å². The lowest BCUT2D eigenvalue weighted by Gasteiger charge is -2.15. The van der Waals surface area contributed by atoms with Gasteiger partial charge in [0.2, 0.25) is 0 Å². The number of carbonyl (C=O) groups is 1. The van der Waals surface area contributed by atoms with Gasteiger partial charge in [0.15, 0.2) is 0 Å². The van der Waals surface area contributed by atoms with Gasteiger partial charge in [-0.3, -0.25) is 4.79 Å². The molecular weight excluding hydrogens is 419 g/mol. The first-order valence-electron chi connectivity index (χ1n) is 8.74. The van der Waals surface area contributed by atoms with E-state index < -0.39 is 17.6 Å². The van der Waals surface area contributed by atoms with Crippen molar-refractivity contribution in [1.29, 1.82) is 0 Å². The minimum Gasteiger partial charge on any atom is -0.495 e. The Labute approximate surface area is 175 Å². The molecule has 0 bridgehead atoms. The third-order valence-corrected chi connectivity index (χ3v) is 4.64. The molecular formula is C21H17ClF3N3O2. The van der Waals surface area contributed by atoms with Gasteiger partial charge < -0.3 is 15.4 Å². The Balaban J connectivity index is 1.89. The highest BCUT2D eigenvalue weighted by molar-refractivity contribution is 6.31. The molecule has 0 aliphatic rings. The third kappa shape index (κ3) is 4.83. The summed E-state index contributed by atoms with van der Waals surface area (Å²) in [6, 6.07) is 10.9. The molecule has 1 amide bonds. The van der Waals surface area contributed by atoms with Crippen LogP contribution in [-0.2, 0) is 6.18 Å². The van der Waals surface area contributed by atoms with Crippen LogP contribution in [0.3, 0.4) is 0 Å². The summed E-state index contributed by atoms with van der Waals surface area (Å²) in [6.07, 6.45) is -3.05. The molecule has 0 unspecified atom stereocenters. The van der Waals surface area contributed by atoms with Gasteiger partial charge in [-0.05, 0) is 48.9 Å². The standard InChI is InChI=1S/C21H17ClF3N3O2/c1-12-9-17(18(30-2)11-16(12)22)28-20(29)15-7-4-8-26-19(15)27-14-6-3-5-13(10-14)21(23,24)25/h3-11H,1-2H3,(H,26,27)(H,28,29). The maximum Gasteiger partial charge on any atom is 0.416 e. The van der Waals surface area contributed by atoms with Gasteiger partial charge in [0.1, 0.15) is 11.6 Å². The van der Waals surface area contributed by atoms with Crippen molar-refractivity contribution in [3.8, 4) is 5.75 Å². The van der Waals surface area contributed by atoms with Gasteiger partial charge in [-0.1, -0.05) is 17.7 Å². The SMILES string of the molecule is COc1cc(Cl)c(C)cc1NC(=O)c1cccnc1Nc1cccc(C(F)(F)F)c1. The molecule has 1 aromatic heterocycles. The van der Waals surface area contributed by atoms with Gasteiger partial charge in [-0.25, -0.2) is 4.98 Å². The number of rotatable bonds is 5. The Hall–Kier alpha value is -3.26. The van der Waals surface area contributed by atoms with Gasteiger partial charge in [0.25, 0.3) is 5.91 Å². The summed E-state index contributed by atoms with van der Waals surface area (Å²) in [7, 11) is 1.45. The van der Waals surface area contributed by atoms with Crippen LogP contribution >= 0.6 is 11.6 Å². The van der Waals surface area contributed by atoms with Crippen molar-refractivity contribution in [3.05, 3.63) is 76.4 Å². The summed E-state index contributed by atoms with van der Waals surface area (Å²) in [5.41, 5.74) is 0.623. The Kier molecular flexibility index (Phi) is 6.17. The minimum atomic E-state index is -4.48. The smallest absolute Gasteiger partial charge is 0.416 e. The minimum absolute atomic E-state index is 0.110. The lowest BCUT2D eigenvalue weighted by molar-refractivity contribution is -0.137. The monoisotopic (exact) mass is 435 g/mol. The number of nitrogens with one attached hydrogen (secondary N) is 2. The molecule has 3 rings (SSSR count). The van der Waals surface area contributed by atoms with Crippen molar-refractivity contribution >= 4 is 34.7 Å². The van der Waals surface area contributed by atoms with E-state index in [1.165, 1.54) is 31.5 Å². The number of hydrogen-bond acceptors (Lipinski definition) is 4. The van der Waals surface area contributed by atoms with Crippen molar-refractivity contribution in [3.63, 3.8) is 0 Å². The van der Waals surface area contributed by atoms with Gasteiger partial charge in [-0.2, -0.15) is 13.2 Å². The number of halogens is 4. The third-order valence-electron chi connectivity index (χ3n) is 4.23. The molecule has 0 atom stereocenters. The highest BCUT2D eigenvalue weighted by Gasteiger charge is 2.30. The highest BCUT2D eigenvalue weighted by Crippen LogP contribution is 2.33. The zero-order valence-electron chi connectivity index (χ0n) is 16.0. The topological polar surface area (TPSA) is 63.2 Å². The first-order valence-corrected chi connectivity index (χ1v) is 9.11. The number of alkyl halides is 3. The Morgan fingerprint density at radius 1 is 1.13 bits per heavy atom. The molecule has 2 N–H and O–H groups in total. The first-order chi connectivity index (χ1) is 14.2. The van der Waals surface area contributed by atoms with E-state index in [0.717, 1.165) is 17.7 Å². The Morgan fingerprint density at radius 2 is 1.90 bits per heavy atom. The zero-order chi connectivity index (χ0) is 21.9. The average molecular weight is 436 g/mol. The number of hydrogen-bond donors (Lipinski definition) is 2. The largest absolute Gasteiger partial charge is 0.495 e. The summed E-state index contributed by atoms with van der Waals surface area (Å²) in [4.78, 5) is 17.0.